The Hall–Kier alpha value is -2.16. The quantitative estimate of drug-likeness (QED) is 0.844. The highest BCUT2D eigenvalue weighted by molar-refractivity contribution is 7.89. The highest BCUT2D eigenvalue weighted by Gasteiger charge is 2.37. The van der Waals surface area contributed by atoms with Crippen LogP contribution in [0.2, 0.25) is 0 Å². The number of rotatable bonds is 5. The monoisotopic (exact) mass is 394 g/mol. The highest BCUT2D eigenvalue weighted by Crippen LogP contribution is 2.36. The Balaban J connectivity index is 2.08. The molecule has 0 amide bonds. The van der Waals surface area contributed by atoms with Crippen molar-refractivity contribution in [2.45, 2.75) is 17.9 Å². The Morgan fingerprint density at radius 2 is 1.81 bits per heavy atom. The average Bonchev–Trinajstić information content (AvgIpc) is 2.69. The Morgan fingerprint density at radius 1 is 1.11 bits per heavy atom. The SMILES string of the molecule is COc1ccccc1C1CNCCN1S(=O)(=O)c1ccc(OC)c(F)c1C. The molecule has 1 unspecified atom stereocenters. The molecule has 0 aromatic heterocycles. The van der Waals surface area contributed by atoms with Crippen molar-refractivity contribution < 1.29 is 22.3 Å². The Kier molecular flexibility index (Phi) is 5.69. The van der Waals surface area contributed by atoms with Crippen LogP contribution in [0.5, 0.6) is 11.5 Å². The molecule has 1 saturated heterocycles. The number of halogens is 1. The van der Waals surface area contributed by atoms with Crippen molar-refractivity contribution in [1.82, 2.24) is 9.62 Å². The Morgan fingerprint density at radius 3 is 2.52 bits per heavy atom. The third kappa shape index (κ3) is 3.52. The molecule has 0 saturated carbocycles. The zero-order chi connectivity index (χ0) is 19.6. The first-order valence-corrected chi connectivity index (χ1v) is 10.0. The summed E-state index contributed by atoms with van der Waals surface area (Å²) in [7, 11) is -1.02. The fourth-order valence-corrected chi connectivity index (χ4v) is 5.21. The van der Waals surface area contributed by atoms with Gasteiger partial charge in [-0.3, -0.25) is 0 Å². The molecular weight excluding hydrogens is 371 g/mol. The van der Waals surface area contributed by atoms with E-state index in [1.807, 2.05) is 18.2 Å². The van der Waals surface area contributed by atoms with Gasteiger partial charge in [-0.15, -0.1) is 0 Å². The number of para-hydroxylation sites is 1. The molecule has 0 spiro atoms. The second kappa shape index (κ2) is 7.84. The van der Waals surface area contributed by atoms with E-state index in [1.54, 1.807) is 13.2 Å². The molecule has 1 N–H and O–H groups in total. The van der Waals surface area contributed by atoms with Crippen LogP contribution in [0.25, 0.3) is 0 Å². The van der Waals surface area contributed by atoms with Crippen molar-refractivity contribution in [2.24, 2.45) is 0 Å². The molecule has 0 bridgehead atoms. The zero-order valence-corrected chi connectivity index (χ0v) is 16.3. The first-order chi connectivity index (χ1) is 12.9. The van der Waals surface area contributed by atoms with Gasteiger partial charge in [-0.1, -0.05) is 18.2 Å². The van der Waals surface area contributed by atoms with Gasteiger partial charge in [0.25, 0.3) is 0 Å². The molecule has 1 atom stereocenters. The van der Waals surface area contributed by atoms with Crippen molar-refractivity contribution >= 4 is 10.0 Å². The molecule has 6 nitrogen and oxygen atoms in total. The van der Waals surface area contributed by atoms with E-state index >= 15 is 0 Å². The third-order valence-electron chi connectivity index (χ3n) is 4.80. The van der Waals surface area contributed by atoms with Gasteiger partial charge in [-0.2, -0.15) is 4.31 Å². The summed E-state index contributed by atoms with van der Waals surface area (Å²) in [6, 6.07) is 9.61. The molecule has 2 aromatic rings. The van der Waals surface area contributed by atoms with Crippen LogP contribution < -0.4 is 14.8 Å². The number of piperazine rings is 1. The number of methoxy groups -OCH3 is 2. The van der Waals surface area contributed by atoms with Gasteiger partial charge >= 0.3 is 0 Å². The third-order valence-corrected chi connectivity index (χ3v) is 6.85. The second-order valence-corrected chi connectivity index (χ2v) is 8.14. The van der Waals surface area contributed by atoms with Gasteiger partial charge < -0.3 is 14.8 Å². The van der Waals surface area contributed by atoms with Crippen LogP contribution in [0.4, 0.5) is 4.39 Å². The minimum atomic E-state index is -3.92. The standard InChI is InChI=1S/C19H23FN2O4S/c1-13-18(9-8-17(26-3)19(13)20)27(23,24)22-11-10-21-12-15(22)14-6-4-5-7-16(14)25-2/h4-9,15,21H,10-12H2,1-3H3. The van der Waals surface area contributed by atoms with Gasteiger partial charge in [0.2, 0.25) is 10.0 Å². The van der Waals surface area contributed by atoms with E-state index in [1.165, 1.54) is 30.5 Å². The van der Waals surface area contributed by atoms with Crippen LogP contribution in [-0.4, -0.2) is 46.6 Å². The molecule has 1 fully saturated rings. The molecule has 1 aliphatic rings. The predicted molar refractivity (Wildman–Crippen MR) is 100 cm³/mol. The Bertz CT molecular complexity index is 933. The maximum Gasteiger partial charge on any atom is 0.244 e. The summed E-state index contributed by atoms with van der Waals surface area (Å²) in [5, 5.41) is 3.23. The summed E-state index contributed by atoms with van der Waals surface area (Å²) >= 11 is 0. The van der Waals surface area contributed by atoms with Crippen molar-refractivity contribution in [3.05, 3.63) is 53.3 Å². The van der Waals surface area contributed by atoms with Crippen LogP contribution in [-0.2, 0) is 10.0 Å². The summed E-state index contributed by atoms with van der Waals surface area (Å²) in [4.78, 5) is -0.0532. The van der Waals surface area contributed by atoms with Crippen molar-refractivity contribution in [3.8, 4) is 11.5 Å². The fourth-order valence-electron chi connectivity index (χ4n) is 3.39. The molecule has 1 heterocycles. The first-order valence-electron chi connectivity index (χ1n) is 8.60. The van der Waals surface area contributed by atoms with E-state index in [-0.39, 0.29) is 22.8 Å². The van der Waals surface area contributed by atoms with Crippen molar-refractivity contribution in [2.75, 3.05) is 33.9 Å². The average molecular weight is 394 g/mol. The van der Waals surface area contributed by atoms with E-state index in [0.717, 1.165) is 5.56 Å². The normalized spacial score (nSPS) is 18.3. The lowest BCUT2D eigenvalue weighted by Crippen LogP contribution is -2.48. The van der Waals surface area contributed by atoms with Crippen molar-refractivity contribution in [3.63, 3.8) is 0 Å². The number of sulfonamides is 1. The lowest BCUT2D eigenvalue weighted by Gasteiger charge is -2.36. The van der Waals surface area contributed by atoms with Gasteiger partial charge in [0.15, 0.2) is 11.6 Å². The number of nitrogens with zero attached hydrogens (tertiary/aromatic N) is 1. The molecule has 8 heteroatoms. The number of nitrogens with one attached hydrogen (secondary N) is 1. The minimum absolute atomic E-state index is 0.0213. The van der Waals surface area contributed by atoms with E-state index in [9.17, 15) is 12.8 Å². The molecule has 27 heavy (non-hydrogen) atoms. The number of hydrogen-bond acceptors (Lipinski definition) is 5. The largest absolute Gasteiger partial charge is 0.496 e. The van der Waals surface area contributed by atoms with Gasteiger partial charge in [0.1, 0.15) is 5.75 Å². The number of benzene rings is 2. The summed E-state index contributed by atoms with van der Waals surface area (Å²) < 4.78 is 53.0. The van der Waals surface area contributed by atoms with Gasteiger partial charge in [-0.05, 0) is 25.1 Å². The van der Waals surface area contributed by atoms with Gasteiger partial charge in [0, 0.05) is 30.8 Å². The van der Waals surface area contributed by atoms with Crippen LogP contribution >= 0.6 is 0 Å². The zero-order valence-electron chi connectivity index (χ0n) is 15.5. The van der Waals surface area contributed by atoms with Crippen LogP contribution in [0, 0.1) is 12.7 Å². The molecule has 3 rings (SSSR count). The summed E-state index contributed by atoms with van der Waals surface area (Å²) in [6.45, 7) is 2.68. The maximum absolute atomic E-state index is 14.5. The summed E-state index contributed by atoms with van der Waals surface area (Å²) in [5.41, 5.74) is 0.814. The lowest BCUT2D eigenvalue weighted by atomic mass is 10.0. The topological polar surface area (TPSA) is 67.9 Å². The van der Waals surface area contributed by atoms with E-state index in [2.05, 4.69) is 5.32 Å². The van der Waals surface area contributed by atoms with Crippen LogP contribution in [0.15, 0.2) is 41.3 Å². The first kappa shape index (κ1) is 19.6. The highest BCUT2D eigenvalue weighted by atomic mass is 32.2. The molecule has 2 aromatic carbocycles. The van der Waals surface area contributed by atoms with Crippen LogP contribution in [0.3, 0.4) is 0 Å². The minimum Gasteiger partial charge on any atom is -0.496 e. The molecule has 0 aliphatic carbocycles. The Labute approximate surface area is 159 Å². The number of hydrogen-bond donors (Lipinski definition) is 1. The summed E-state index contributed by atoms with van der Waals surface area (Å²) in [5.74, 6) is -0.0281. The van der Waals surface area contributed by atoms with Crippen molar-refractivity contribution in [1.29, 1.82) is 0 Å². The lowest BCUT2D eigenvalue weighted by molar-refractivity contribution is 0.264. The predicted octanol–water partition coefficient (Wildman–Crippen LogP) is 2.49. The molecular formula is C19H23FN2O4S. The van der Waals surface area contributed by atoms with E-state index in [4.69, 9.17) is 9.47 Å². The second-order valence-electron chi connectivity index (χ2n) is 6.28. The summed E-state index contributed by atoms with van der Waals surface area (Å²) in [6.07, 6.45) is 0. The van der Waals surface area contributed by atoms with Gasteiger partial charge in [-0.25, -0.2) is 12.8 Å². The van der Waals surface area contributed by atoms with Crippen LogP contribution in [0.1, 0.15) is 17.2 Å². The van der Waals surface area contributed by atoms with E-state index in [0.29, 0.717) is 18.8 Å². The fraction of sp³-hybridized carbons (Fsp3) is 0.368. The van der Waals surface area contributed by atoms with Gasteiger partial charge in [0.05, 0.1) is 25.2 Å². The number of ether oxygens (including phenoxy) is 2. The smallest absolute Gasteiger partial charge is 0.244 e. The maximum atomic E-state index is 14.5. The molecule has 1 aliphatic heterocycles. The van der Waals surface area contributed by atoms with E-state index < -0.39 is 21.9 Å². The molecule has 0 radical (unpaired) electrons. The molecule has 146 valence electrons.